The van der Waals surface area contributed by atoms with Crippen LogP contribution in [0.15, 0.2) is 72.8 Å². The van der Waals surface area contributed by atoms with Crippen molar-refractivity contribution in [2.75, 3.05) is 0 Å². The van der Waals surface area contributed by atoms with Gasteiger partial charge in [0.15, 0.2) is 11.5 Å². The van der Waals surface area contributed by atoms with Crippen molar-refractivity contribution in [1.29, 1.82) is 0 Å². The largest absolute Gasteiger partial charge is 0.485 e. The number of rotatable bonds is 8. The fourth-order valence-electron chi connectivity index (χ4n) is 2.90. The van der Waals surface area contributed by atoms with Gasteiger partial charge in [-0.1, -0.05) is 74.5 Å². The van der Waals surface area contributed by atoms with E-state index in [0.717, 1.165) is 16.7 Å². The lowest BCUT2D eigenvalue weighted by atomic mass is 9.98. The first kappa shape index (κ1) is 19.5. The molecule has 0 heterocycles. The molecule has 0 aliphatic heterocycles. The monoisotopic (exact) mass is 376 g/mol. The number of carboxylic acid groups (broad SMARTS) is 1. The predicted octanol–water partition coefficient (Wildman–Crippen LogP) is 5.67. The third-order valence-electron chi connectivity index (χ3n) is 4.42. The Balaban J connectivity index is 1.94. The van der Waals surface area contributed by atoms with Crippen molar-refractivity contribution in [3.05, 3.63) is 95.1 Å². The fourth-order valence-corrected chi connectivity index (χ4v) is 2.90. The number of hydrogen-bond acceptors (Lipinski definition) is 3. The van der Waals surface area contributed by atoms with Crippen LogP contribution in [0.4, 0.5) is 0 Å². The molecule has 4 heteroatoms. The van der Waals surface area contributed by atoms with E-state index in [1.54, 1.807) is 6.07 Å². The van der Waals surface area contributed by atoms with Crippen molar-refractivity contribution < 1.29 is 19.4 Å². The molecule has 0 saturated heterocycles. The molecule has 0 atom stereocenters. The van der Waals surface area contributed by atoms with E-state index in [9.17, 15) is 9.90 Å². The highest BCUT2D eigenvalue weighted by Gasteiger charge is 2.19. The van der Waals surface area contributed by atoms with Crippen LogP contribution in [0.1, 0.15) is 46.8 Å². The van der Waals surface area contributed by atoms with Gasteiger partial charge in [-0.3, -0.25) is 0 Å². The number of ether oxygens (including phenoxy) is 2. The SMILES string of the molecule is CC(C)c1cc(C(=O)O)cc(OCc2ccccc2)c1OCc1ccccc1. The third kappa shape index (κ3) is 4.92. The van der Waals surface area contributed by atoms with Gasteiger partial charge in [-0.15, -0.1) is 0 Å². The highest BCUT2D eigenvalue weighted by molar-refractivity contribution is 5.89. The Morgan fingerprint density at radius 2 is 1.39 bits per heavy atom. The summed E-state index contributed by atoms with van der Waals surface area (Å²) in [4.78, 5) is 11.6. The minimum Gasteiger partial charge on any atom is -0.485 e. The minimum absolute atomic E-state index is 0.0872. The first-order valence-electron chi connectivity index (χ1n) is 9.29. The van der Waals surface area contributed by atoms with E-state index in [1.165, 1.54) is 6.07 Å². The number of benzene rings is 3. The lowest BCUT2D eigenvalue weighted by molar-refractivity contribution is 0.0696. The summed E-state index contributed by atoms with van der Waals surface area (Å²) in [6.07, 6.45) is 0. The molecule has 0 unspecified atom stereocenters. The Morgan fingerprint density at radius 3 is 1.89 bits per heavy atom. The molecule has 0 aromatic heterocycles. The third-order valence-corrected chi connectivity index (χ3v) is 4.42. The molecular weight excluding hydrogens is 352 g/mol. The Labute approximate surface area is 165 Å². The van der Waals surface area contributed by atoms with Gasteiger partial charge in [0.05, 0.1) is 5.56 Å². The van der Waals surface area contributed by atoms with Gasteiger partial charge in [0.25, 0.3) is 0 Å². The Hall–Kier alpha value is -3.27. The molecule has 0 amide bonds. The number of carboxylic acids is 1. The van der Waals surface area contributed by atoms with Gasteiger partial charge in [-0.25, -0.2) is 4.79 Å². The van der Waals surface area contributed by atoms with Gasteiger partial charge < -0.3 is 14.6 Å². The van der Waals surface area contributed by atoms with Crippen molar-refractivity contribution in [3.63, 3.8) is 0 Å². The smallest absolute Gasteiger partial charge is 0.335 e. The van der Waals surface area contributed by atoms with Gasteiger partial charge in [-0.05, 0) is 29.2 Å². The van der Waals surface area contributed by atoms with Crippen molar-refractivity contribution in [3.8, 4) is 11.5 Å². The van der Waals surface area contributed by atoms with Crippen LogP contribution in [0, 0.1) is 0 Å². The van der Waals surface area contributed by atoms with Crippen molar-refractivity contribution in [2.24, 2.45) is 0 Å². The maximum Gasteiger partial charge on any atom is 0.335 e. The van der Waals surface area contributed by atoms with Crippen LogP contribution < -0.4 is 9.47 Å². The summed E-state index contributed by atoms with van der Waals surface area (Å²) in [5, 5.41) is 9.50. The van der Waals surface area contributed by atoms with Crippen molar-refractivity contribution in [2.45, 2.75) is 33.0 Å². The second-order valence-corrected chi connectivity index (χ2v) is 6.90. The average Bonchev–Trinajstić information content (AvgIpc) is 2.71. The molecule has 0 saturated carbocycles. The Morgan fingerprint density at radius 1 is 0.857 bits per heavy atom. The molecule has 3 aromatic carbocycles. The van der Waals surface area contributed by atoms with Gasteiger partial charge in [0, 0.05) is 5.56 Å². The summed E-state index contributed by atoms with van der Waals surface area (Å²) in [5.74, 6) is 0.147. The number of aromatic carboxylic acids is 1. The summed E-state index contributed by atoms with van der Waals surface area (Å²) >= 11 is 0. The van der Waals surface area contributed by atoms with Crippen LogP contribution in [0.3, 0.4) is 0 Å². The van der Waals surface area contributed by atoms with Crippen LogP contribution in [-0.4, -0.2) is 11.1 Å². The molecule has 0 radical (unpaired) electrons. The quantitative estimate of drug-likeness (QED) is 0.551. The maximum absolute atomic E-state index is 11.6. The minimum atomic E-state index is -0.985. The highest BCUT2D eigenvalue weighted by atomic mass is 16.5. The van der Waals surface area contributed by atoms with E-state index >= 15 is 0 Å². The second-order valence-electron chi connectivity index (χ2n) is 6.90. The zero-order valence-corrected chi connectivity index (χ0v) is 16.1. The second kappa shape index (κ2) is 9.09. The van der Waals surface area contributed by atoms with E-state index in [-0.39, 0.29) is 11.5 Å². The topological polar surface area (TPSA) is 55.8 Å². The Bertz CT molecular complexity index is 918. The molecule has 4 nitrogen and oxygen atoms in total. The van der Waals surface area contributed by atoms with E-state index in [2.05, 4.69) is 0 Å². The van der Waals surface area contributed by atoms with E-state index in [1.807, 2.05) is 74.5 Å². The summed E-state index contributed by atoms with van der Waals surface area (Å²) in [7, 11) is 0. The molecule has 28 heavy (non-hydrogen) atoms. The van der Waals surface area contributed by atoms with Crippen LogP contribution in [-0.2, 0) is 13.2 Å². The lowest BCUT2D eigenvalue weighted by Crippen LogP contribution is -2.07. The van der Waals surface area contributed by atoms with Crippen molar-refractivity contribution in [1.82, 2.24) is 0 Å². The molecule has 144 valence electrons. The average molecular weight is 376 g/mol. The number of carbonyl (C=O) groups is 1. The van der Waals surface area contributed by atoms with E-state index in [0.29, 0.717) is 24.7 Å². The molecule has 0 bridgehead atoms. The molecule has 0 aliphatic carbocycles. The first-order chi connectivity index (χ1) is 13.5. The summed E-state index contributed by atoms with van der Waals surface area (Å²) in [6.45, 7) is 4.74. The van der Waals surface area contributed by atoms with E-state index in [4.69, 9.17) is 9.47 Å². The molecule has 3 aromatic rings. The van der Waals surface area contributed by atoms with Crippen LogP contribution in [0.2, 0.25) is 0 Å². The van der Waals surface area contributed by atoms with Gasteiger partial charge in [0.2, 0.25) is 0 Å². The standard InChI is InChI=1S/C24H24O4/c1-17(2)21-13-20(24(25)26)14-22(27-15-18-9-5-3-6-10-18)23(21)28-16-19-11-7-4-8-12-19/h3-14,17H,15-16H2,1-2H3,(H,25,26). The normalized spacial score (nSPS) is 10.7. The fraction of sp³-hybridized carbons (Fsp3) is 0.208. The molecular formula is C24H24O4. The van der Waals surface area contributed by atoms with Gasteiger partial charge >= 0.3 is 5.97 Å². The zero-order chi connectivity index (χ0) is 19.9. The predicted molar refractivity (Wildman–Crippen MR) is 109 cm³/mol. The van der Waals surface area contributed by atoms with Crippen LogP contribution in [0.5, 0.6) is 11.5 Å². The summed E-state index contributed by atoms with van der Waals surface area (Å²) in [5.41, 5.74) is 3.05. The Kier molecular flexibility index (Phi) is 6.33. The summed E-state index contributed by atoms with van der Waals surface area (Å²) < 4.78 is 12.1. The first-order valence-corrected chi connectivity index (χ1v) is 9.29. The van der Waals surface area contributed by atoms with Crippen LogP contribution in [0.25, 0.3) is 0 Å². The lowest BCUT2D eigenvalue weighted by Gasteiger charge is -2.19. The van der Waals surface area contributed by atoms with Gasteiger partial charge in [-0.2, -0.15) is 0 Å². The zero-order valence-electron chi connectivity index (χ0n) is 16.1. The highest BCUT2D eigenvalue weighted by Crippen LogP contribution is 2.38. The summed E-state index contributed by atoms with van der Waals surface area (Å²) in [6, 6.07) is 22.8. The molecule has 1 N–H and O–H groups in total. The van der Waals surface area contributed by atoms with E-state index < -0.39 is 5.97 Å². The molecule has 0 aliphatic rings. The molecule has 0 spiro atoms. The van der Waals surface area contributed by atoms with Crippen LogP contribution >= 0.6 is 0 Å². The molecule has 3 rings (SSSR count). The molecule has 0 fully saturated rings. The van der Waals surface area contributed by atoms with Gasteiger partial charge in [0.1, 0.15) is 13.2 Å². The number of hydrogen-bond donors (Lipinski definition) is 1. The maximum atomic E-state index is 11.6. The van der Waals surface area contributed by atoms with Crippen molar-refractivity contribution >= 4 is 5.97 Å².